The Morgan fingerprint density at radius 1 is 1.05 bits per heavy atom. The molecular formula is C31H36N4O7. The predicted octanol–water partition coefficient (Wildman–Crippen LogP) is 4.63. The van der Waals surface area contributed by atoms with Gasteiger partial charge in [-0.25, -0.2) is 4.79 Å². The molecule has 11 nitrogen and oxygen atoms in total. The maximum absolute atomic E-state index is 13.3. The lowest BCUT2D eigenvalue weighted by Gasteiger charge is -2.20. The minimum absolute atomic E-state index is 0.00835. The topological polar surface area (TPSA) is 173 Å². The Morgan fingerprint density at radius 2 is 1.76 bits per heavy atom. The predicted molar refractivity (Wildman–Crippen MR) is 160 cm³/mol. The van der Waals surface area contributed by atoms with Crippen LogP contribution >= 0.6 is 0 Å². The Hall–Kier alpha value is -4.90. The third kappa shape index (κ3) is 8.80. The van der Waals surface area contributed by atoms with Crippen molar-refractivity contribution >= 4 is 35.2 Å². The first kappa shape index (κ1) is 31.6. The molecule has 0 heterocycles. The fourth-order valence-corrected chi connectivity index (χ4v) is 4.16. The molecule has 0 saturated carbocycles. The Labute approximate surface area is 244 Å². The zero-order valence-corrected chi connectivity index (χ0v) is 24.1. The van der Waals surface area contributed by atoms with Crippen molar-refractivity contribution in [1.29, 1.82) is 0 Å². The highest BCUT2D eigenvalue weighted by Gasteiger charge is 2.18. The van der Waals surface area contributed by atoms with Crippen LogP contribution in [0, 0.1) is 6.92 Å². The number of aryl methyl sites for hydroxylation is 1. The summed E-state index contributed by atoms with van der Waals surface area (Å²) in [5.41, 5.74) is 10.3. The van der Waals surface area contributed by atoms with Gasteiger partial charge in [0.25, 0.3) is 5.91 Å². The Balaban J connectivity index is 1.84. The molecule has 3 rings (SSSR count). The van der Waals surface area contributed by atoms with Crippen LogP contribution in [0.1, 0.15) is 58.9 Å². The van der Waals surface area contributed by atoms with Crippen LogP contribution in [0.2, 0.25) is 0 Å². The second-order valence-electron chi connectivity index (χ2n) is 9.76. The summed E-state index contributed by atoms with van der Waals surface area (Å²) in [7, 11) is 0. The van der Waals surface area contributed by atoms with Crippen molar-refractivity contribution in [3.05, 3.63) is 88.0 Å². The van der Waals surface area contributed by atoms with Gasteiger partial charge in [0.2, 0.25) is 0 Å². The molecule has 0 aliphatic heterocycles. The highest BCUT2D eigenvalue weighted by molar-refractivity contribution is 6.08. The van der Waals surface area contributed by atoms with Crippen molar-refractivity contribution in [3.8, 4) is 5.75 Å². The largest absolute Gasteiger partial charge is 0.491 e. The Bertz CT molecular complexity index is 1470. The molecule has 2 amide bonds. The lowest BCUT2D eigenvalue weighted by Crippen LogP contribution is -2.18. The number of hydrogen-bond acceptors (Lipinski definition) is 7. The minimum atomic E-state index is -1.02. The molecule has 0 saturated heterocycles. The van der Waals surface area contributed by atoms with E-state index in [2.05, 4.69) is 15.6 Å². The Kier molecular flexibility index (Phi) is 11.0. The second-order valence-corrected chi connectivity index (χ2v) is 9.76. The van der Waals surface area contributed by atoms with E-state index in [0.29, 0.717) is 44.9 Å². The summed E-state index contributed by atoms with van der Waals surface area (Å²) in [6.45, 7) is 7.33. The van der Waals surface area contributed by atoms with Crippen LogP contribution in [-0.4, -0.2) is 46.7 Å². The number of carbonyl (C=O) groups is 3. The summed E-state index contributed by atoms with van der Waals surface area (Å²) in [6.07, 6.45) is -1.25. The second kappa shape index (κ2) is 14.6. The Morgan fingerprint density at radius 3 is 2.38 bits per heavy atom. The average Bonchev–Trinajstić information content (AvgIpc) is 2.93. The molecule has 0 bridgehead atoms. The lowest BCUT2D eigenvalue weighted by molar-refractivity contribution is -0.136. The molecule has 222 valence electrons. The summed E-state index contributed by atoms with van der Waals surface area (Å²) in [4.78, 5) is 40.2. The molecule has 0 aromatic heterocycles. The van der Waals surface area contributed by atoms with Crippen molar-refractivity contribution in [1.82, 2.24) is 0 Å². The summed E-state index contributed by atoms with van der Waals surface area (Å²) in [5, 5.41) is 25.4. The van der Waals surface area contributed by atoms with Crippen molar-refractivity contribution in [3.63, 3.8) is 0 Å². The number of amidine groups is 1. The first-order chi connectivity index (χ1) is 20.0. The van der Waals surface area contributed by atoms with E-state index in [1.165, 1.54) is 0 Å². The number of carboxylic acid groups (broad SMARTS) is 1. The number of nitrogens with two attached hydrogens (primary N) is 1. The zero-order valence-electron chi connectivity index (χ0n) is 24.1. The third-order valence-electron chi connectivity index (χ3n) is 6.04. The van der Waals surface area contributed by atoms with Gasteiger partial charge in [-0.2, -0.15) is 4.99 Å². The van der Waals surface area contributed by atoms with Gasteiger partial charge in [-0.05, 0) is 81.3 Å². The van der Waals surface area contributed by atoms with Crippen LogP contribution in [0.25, 0.3) is 0 Å². The number of nitrogens with one attached hydrogen (secondary N) is 2. The number of carbonyl (C=O) groups excluding carboxylic acids is 2. The number of nitrogens with zero attached hydrogens (tertiary/aromatic N) is 1. The van der Waals surface area contributed by atoms with E-state index in [9.17, 15) is 24.6 Å². The van der Waals surface area contributed by atoms with E-state index in [4.69, 9.17) is 15.2 Å². The highest BCUT2D eigenvalue weighted by atomic mass is 16.5. The molecule has 6 N–H and O–H groups in total. The van der Waals surface area contributed by atoms with Gasteiger partial charge in [-0.1, -0.05) is 17.7 Å². The molecule has 3 aromatic carbocycles. The van der Waals surface area contributed by atoms with Crippen LogP contribution in [0.5, 0.6) is 5.75 Å². The van der Waals surface area contributed by atoms with E-state index in [-0.39, 0.29) is 44.0 Å². The number of carboxylic acids is 1. The molecular weight excluding hydrogens is 540 g/mol. The first-order valence-corrected chi connectivity index (χ1v) is 13.4. The van der Waals surface area contributed by atoms with E-state index in [1.807, 2.05) is 26.8 Å². The smallest absolute Gasteiger partial charge is 0.435 e. The van der Waals surface area contributed by atoms with Gasteiger partial charge in [-0.15, -0.1) is 0 Å². The maximum Gasteiger partial charge on any atom is 0.435 e. The van der Waals surface area contributed by atoms with Crippen molar-refractivity contribution < 1.29 is 34.1 Å². The fourth-order valence-electron chi connectivity index (χ4n) is 4.16. The van der Waals surface area contributed by atoms with Gasteiger partial charge in [0.1, 0.15) is 11.6 Å². The normalized spacial score (nSPS) is 11.2. The van der Waals surface area contributed by atoms with E-state index >= 15 is 0 Å². The summed E-state index contributed by atoms with van der Waals surface area (Å²) < 4.78 is 10.6. The molecule has 0 spiro atoms. The maximum atomic E-state index is 13.3. The standard InChI is InChI=1S/C31H36N4O7/c1-5-41-31(40)35-29(32)21-7-9-23(10-8-21)34-30(39)25-12-19(4)6-11-26(25)33-16-22-13-20(17-36)14-27(42-18(2)3)24(22)15-28(37)38/h6-14,18,33,36H,5,15-17H2,1-4H3,(H,34,39)(H,37,38)(H2,32,35,40). The molecule has 0 aliphatic rings. The fraction of sp³-hybridized carbons (Fsp3) is 0.290. The van der Waals surface area contributed by atoms with Gasteiger partial charge in [0.15, 0.2) is 0 Å². The molecule has 11 heteroatoms. The summed E-state index contributed by atoms with van der Waals surface area (Å²) in [5.74, 6) is -1.00. The van der Waals surface area contributed by atoms with Crippen LogP contribution in [0.15, 0.2) is 59.6 Å². The van der Waals surface area contributed by atoms with E-state index in [0.717, 1.165) is 5.56 Å². The molecule has 3 aromatic rings. The molecule has 42 heavy (non-hydrogen) atoms. The van der Waals surface area contributed by atoms with Crippen LogP contribution in [-0.2, 0) is 29.1 Å². The zero-order chi connectivity index (χ0) is 30.8. The van der Waals surface area contributed by atoms with E-state index in [1.54, 1.807) is 55.5 Å². The number of aliphatic hydroxyl groups is 1. The molecule has 0 radical (unpaired) electrons. The average molecular weight is 577 g/mol. The lowest BCUT2D eigenvalue weighted by atomic mass is 9.99. The number of aliphatic imine (C=N–C) groups is 1. The van der Waals surface area contributed by atoms with Gasteiger partial charge in [-0.3, -0.25) is 9.59 Å². The van der Waals surface area contributed by atoms with Crippen LogP contribution in [0.3, 0.4) is 0 Å². The first-order valence-electron chi connectivity index (χ1n) is 13.4. The third-order valence-corrected chi connectivity index (χ3v) is 6.04. The molecule has 0 aliphatic carbocycles. The van der Waals surface area contributed by atoms with Gasteiger partial charge < -0.3 is 36.1 Å². The summed E-state index contributed by atoms with van der Waals surface area (Å²) >= 11 is 0. The van der Waals surface area contributed by atoms with Crippen molar-refractivity contribution in [2.24, 2.45) is 10.7 Å². The summed E-state index contributed by atoms with van der Waals surface area (Å²) in [6, 6.07) is 15.3. The number of anilines is 2. The van der Waals surface area contributed by atoms with Crippen molar-refractivity contribution in [2.75, 3.05) is 17.2 Å². The van der Waals surface area contributed by atoms with Gasteiger partial charge in [0.05, 0.1) is 31.3 Å². The number of amides is 2. The minimum Gasteiger partial charge on any atom is -0.491 e. The molecule has 0 fully saturated rings. The molecule has 0 atom stereocenters. The van der Waals surface area contributed by atoms with Crippen molar-refractivity contribution in [2.45, 2.75) is 53.4 Å². The number of ether oxygens (including phenoxy) is 2. The number of hydrogen-bond donors (Lipinski definition) is 5. The number of benzene rings is 3. The quantitative estimate of drug-likeness (QED) is 0.152. The van der Waals surface area contributed by atoms with Crippen LogP contribution < -0.4 is 21.1 Å². The number of rotatable bonds is 12. The number of aliphatic hydroxyl groups excluding tert-OH is 1. The molecule has 0 unspecified atom stereocenters. The highest BCUT2D eigenvalue weighted by Crippen LogP contribution is 2.29. The van der Waals surface area contributed by atoms with Gasteiger partial charge >= 0.3 is 12.1 Å². The SMILES string of the molecule is CCOC(=O)/N=C(\N)c1ccc(NC(=O)c2cc(C)ccc2NCc2cc(CO)cc(OC(C)C)c2CC(=O)O)cc1. The van der Waals surface area contributed by atoms with E-state index < -0.39 is 12.1 Å². The van der Waals surface area contributed by atoms with Gasteiger partial charge in [0, 0.05) is 29.0 Å². The number of aliphatic carboxylic acids is 1. The monoisotopic (exact) mass is 576 g/mol. The van der Waals surface area contributed by atoms with Crippen LogP contribution in [0.4, 0.5) is 16.2 Å².